The van der Waals surface area contributed by atoms with Gasteiger partial charge < -0.3 is 5.11 Å². The van der Waals surface area contributed by atoms with Gasteiger partial charge in [0, 0.05) is 16.2 Å². The molecule has 20 heavy (non-hydrogen) atoms. The molecule has 7 heteroatoms. The standard InChI is InChI=1S/C13H8F3N3O/c14-11-5-9(12(15)10(6-20)13(11)16)7-1-3-8(4-2-7)18-19-17/h1-5,20H,6H2. The summed E-state index contributed by atoms with van der Waals surface area (Å²) in [7, 11) is 0. The third kappa shape index (κ3) is 2.45. The van der Waals surface area contributed by atoms with E-state index >= 15 is 0 Å². The molecule has 0 fully saturated rings. The van der Waals surface area contributed by atoms with E-state index in [0.29, 0.717) is 11.8 Å². The lowest BCUT2D eigenvalue weighted by atomic mass is 10.0. The molecule has 0 unspecified atom stereocenters. The Kier molecular flexibility index (Phi) is 3.93. The molecular formula is C13H8F3N3O. The van der Waals surface area contributed by atoms with Crippen LogP contribution in [0.25, 0.3) is 21.6 Å². The predicted molar refractivity (Wildman–Crippen MR) is 66.5 cm³/mol. The Hall–Kier alpha value is -2.50. The highest BCUT2D eigenvalue weighted by Crippen LogP contribution is 2.30. The highest BCUT2D eigenvalue weighted by atomic mass is 19.2. The van der Waals surface area contributed by atoms with E-state index in [1.807, 2.05) is 0 Å². The molecule has 4 nitrogen and oxygen atoms in total. The Labute approximate surface area is 111 Å². The second-order valence-electron chi connectivity index (χ2n) is 3.91. The van der Waals surface area contributed by atoms with Crippen molar-refractivity contribution in [2.45, 2.75) is 6.61 Å². The van der Waals surface area contributed by atoms with Crippen LogP contribution in [0.4, 0.5) is 18.9 Å². The smallest absolute Gasteiger partial charge is 0.167 e. The molecule has 2 rings (SSSR count). The van der Waals surface area contributed by atoms with Gasteiger partial charge >= 0.3 is 0 Å². The van der Waals surface area contributed by atoms with Gasteiger partial charge in [0.2, 0.25) is 0 Å². The number of rotatable bonds is 3. The molecule has 1 N–H and O–H groups in total. The molecule has 102 valence electrons. The number of azide groups is 1. The second kappa shape index (κ2) is 5.64. The lowest BCUT2D eigenvalue weighted by Crippen LogP contribution is -2.01. The summed E-state index contributed by atoms with van der Waals surface area (Å²) in [5.41, 5.74) is 7.94. The fraction of sp³-hybridized carbons (Fsp3) is 0.0769. The summed E-state index contributed by atoms with van der Waals surface area (Å²) in [6, 6.07) is 6.34. The van der Waals surface area contributed by atoms with Crippen molar-refractivity contribution in [2.75, 3.05) is 0 Å². The third-order valence-electron chi connectivity index (χ3n) is 2.74. The van der Waals surface area contributed by atoms with Crippen LogP contribution in [0, 0.1) is 17.5 Å². The zero-order valence-electron chi connectivity index (χ0n) is 10.0. The first-order chi connectivity index (χ1) is 9.58. The molecule has 0 aliphatic rings. The molecule has 0 radical (unpaired) electrons. The van der Waals surface area contributed by atoms with Crippen LogP contribution < -0.4 is 0 Å². The van der Waals surface area contributed by atoms with Crippen molar-refractivity contribution in [1.29, 1.82) is 0 Å². The molecule has 0 atom stereocenters. The van der Waals surface area contributed by atoms with E-state index in [1.165, 1.54) is 24.3 Å². The molecule has 2 aromatic rings. The molecule has 0 aliphatic carbocycles. The number of hydrogen-bond acceptors (Lipinski definition) is 2. The van der Waals surface area contributed by atoms with Crippen LogP contribution in [0.1, 0.15) is 5.56 Å². The topological polar surface area (TPSA) is 69.0 Å². The van der Waals surface area contributed by atoms with Gasteiger partial charge in [0.1, 0.15) is 5.82 Å². The third-order valence-corrected chi connectivity index (χ3v) is 2.74. The Balaban J connectivity index is 2.57. The highest BCUT2D eigenvalue weighted by Gasteiger charge is 2.18. The summed E-state index contributed by atoms with van der Waals surface area (Å²) in [4.78, 5) is 2.59. The van der Waals surface area contributed by atoms with Crippen LogP contribution in [-0.4, -0.2) is 5.11 Å². The molecular weight excluding hydrogens is 271 g/mol. The van der Waals surface area contributed by atoms with E-state index in [1.54, 1.807) is 0 Å². The fourth-order valence-electron chi connectivity index (χ4n) is 1.76. The largest absolute Gasteiger partial charge is 0.391 e. The quantitative estimate of drug-likeness (QED) is 0.389. The van der Waals surface area contributed by atoms with Gasteiger partial charge in [-0.15, -0.1) is 0 Å². The van der Waals surface area contributed by atoms with E-state index in [4.69, 9.17) is 10.6 Å². The molecule has 0 saturated carbocycles. The van der Waals surface area contributed by atoms with Crippen molar-refractivity contribution < 1.29 is 18.3 Å². The summed E-state index contributed by atoms with van der Waals surface area (Å²) in [6.45, 7) is -0.945. The number of hydrogen-bond donors (Lipinski definition) is 1. The van der Waals surface area contributed by atoms with Gasteiger partial charge in [-0.25, -0.2) is 13.2 Å². The molecule has 0 amide bonds. The first-order valence-corrected chi connectivity index (χ1v) is 5.51. The lowest BCUT2D eigenvalue weighted by molar-refractivity contribution is 0.266. The van der Waals surface area contributed by atoms with Gasteiger partial charge in [-0.05, 0) is 17.2 Å². The molecule has 0 saturated heterocycles. The van der Waals surface area contributed by atoms with Crippen molar-refractivity contribution >= 4 is 5.69 Å². The van der Waals surface area contributed by atoms with Crippen LogP contribution >= 0.6 is 0 Å². The first-order valence-electron chi connectivity index (χ1n) is 5.51. The monoisotopic (exact) mass is 279 g/mol. The highest BCUT2D eigenvalue weighted by molar-refractivity contribution is 5.67. The number of aliphatic hydroxyl groups excluding tert-OH is 1. The zero-order valence-corrected chi connectivity index (χ0v) is 10.0. The average molecular weight is 279 g/mol. The van der Waals surface area contributed by atoms with Crippen molar-refractivity contribution in [3.05, 3.63) is 63.8 Å². The SMILES string of the molecule is [N-]=[N+]=Nc1ccc(-c2cc(F)c(F)c(CO)c2F)cc1. The van der Waals surface area contributed by atoms with Crippen LogP contribution in [0.3, 0.4) is 0 Å². The van der Waals surface area contributed by atoms with E-state index in [-0.39, 0.29) is 11.1 Å². The van der Waals surface area contributed by atoms with Crippen LogP contribution in [-0.2, 0) is 6.61 Å². The van der Waals surface area contributed by atoms with Gasteiger partial charge in [0.25, 0.3) is 0 Å². The number of halogens is 3. The molecule has 2 aromatic carbocycles. The average Bonchev–Trinajstić information content (AvgIpc) is 2.45. The maximum atomic E-state index is 14.0. The number of nitrogens with zero attached hydrogens (tertiary/aromatic N) is 3. The minimum Gasteiger partial charge on any atom is -0.391 e. The summed E-state index contributed by atoms with van der Waals surface area (Å²) >= 11 is 0. The Morgan fingerprint density at radius 3 is 2.30 bits per heavy atom. The maximum Gasteiger partial charge on any atom is 0.167 e. The van der Waals surface area contributed by atoms with Crippen molar-refractivity contribution in [1.82, 2.24) is 0 Å². The van der Waals surface area contributed by atoms with Gasteiger partial charge in [-0.2, -0.15) is 0 Å². The number of aliphatic hydroxyl groups is 1. The summed E-state index contributed by atoms with van der Waals surface area (Å²) in [5.74, 6) is -3.67. The Morgan fingerprint density at radius 1 is 1.10 bits per heavy atom. The van der Waals surface area contributed by atoms with Crippen LogP contribution in [0.5, 0.6) is 0 Å². The first kappa shape index (κ1) is 13.9. The van der Waals surface area contributed by atoms with Crippen LogP contribution in [0.2, 0.25) is 0 Å². The molecule has 0 heterocycles. The fourth-order valence-corrected chi connectivity index (χ4v) is 1.76. The minimum absolute atomic E-state index is 0.180. The maximum absolute atomic E-state index is 14.0. The summed E-state index contributed by atoms with van der Waals surface area (Å²) < 4.78 is 40.7. The van der Waals surface area contributed by atoms with E-state index in [0.717, 1.165) is 0 Å². The van der Waals surface area contributed by atoms with Gasteiger partial charge in [0.15, 0.2) is 11.6 Å². The summed E-state index contributed by atoms with van der Waals surface area (Å²) in [5, 5.41) is 12.2. The van der Waals surface area contributed by atoms with E-state index in [2.05, 4.69) is 10.0 Å². The molecule has 0 bridgehead atoms. The zero-order chi connectivity index (χ0) is 14.7. The van der Waals surface area contributed by atoms with Crippen molar-refractivity contribution in [2.24, 2.45) is 5.11 Å². The normalized spacial score (nSPS) is 10.2. The molecule has 0 aliphatic heterocycles. The number of benzene rings is 2. The van der Waals surface area contributed by atoms with Gasteiger partial charge in [-0.1, -0.05) is 29.4 Å². The summed E-state index contributed by atoms with van der Waals surface area (Å²) in [6.07, 6.45) is 0. The second-order valence-corrected chi connectivity index (χ2v) is 3.91. The van der Waals surface area contributed by atoms with E-state index < -0.39 is 29.6 Å². The van der Waals surface area contributed by atoms with E-state index in [9.17, 15) is 13.2 Å². The minimum atomic E-state index is -1.40. The lowest BCUT2D eigenvalue weighted by Gasteiger charge is -2.09. The Bertz CT molecular complexity index is 695. The molecule has 0 aromatic heterocycles. The Morgan fingerprint density at radius 2 is 1.75 bits per heavy atom. The van der Waals surface area contributed by atoms with Gasteiger partial charge in [-0.3, -0.25) is 0 Å². The molecule has 0 spiro atoms. The van der Waals surface area contributed by atoms with Gasteiger partial charge in [0.05, 0.1) is 12.2 Å². The van der Waals surface area contributed by atoms with Crippen LogP contribution in [0.15, 0.2) is 35.4 Å². The van der Waals surface area contributed by atoms with Crippen molar-refractivity contribution in [3.8, 4) is 11.1 Å². The predicted octanol–water partition coefficient (Wildman–Crippen LogP) is 4.21. The van der Waals surface area contributed by atoms with Crippen molar-refractivity contribution in [3.63, 3.8) is 0 Å².